The van der Waals surface area contributed by atoms with E-state index in [1.807, 2.05) is 19.1 Å². The minimum atomic E-state index is 0.699. The topological polar surface area (TPSA) is 61.9 Å². The molecule has 0 aliphatic carbocycles. The van der Waals surface area contributed by atoms with Crippen molar-refractivity contribution in [2.45, 2.75) is 13.3 Å². The highest BCUT2D eigenvalue weighted by atomic mass is 15.1. The molecule has 3 N–H and O–H groups in total. The lowest BCUT2D eigenvalue weighted by atomic mass is 10.1. The second kappa shape index (κ2) is 6.35. The van der Waals surface area contributed by atoms with Gasteiger partial charge in [-0.25, -0.2) is 9.97 Å². The quantitative estimate of drug-likeness (QED) is 0.663. The minimum Gasteiger partial charge on any atom is -0.370 e. The summed E-state index contributed by atoms with van der Waals surface area (Å²) in [4.78, 5) is 8.72. The van der Waals surface area contributed by atoms with Crippen LogP contribution in [0.4, 0.5) is 11.6 Å². The highest BCUT2D eigenvalue weighted by molar-refractivity contribution is 5.47. The van der Waals surface area contributed by atoms with E-state index in [0.717, 1.165) is 37.1 Å². The van der Waals surface area contributed by atoms with Crippen LogP contribution in [0.2, 0.25) is 0 Å². The van der Waals surface area contributed by atoms with Crippen molar-refractivity contribution in [3.63, 3.8) is 0 Å². The normalized spacial score (nSPS) is 18.6. The lowest BCUT2D eigenvalue weighted by Crippen LogP contribution is -2.18. The van der Waals surface area contributed by atoms with Gasteiger partial charge in [0.2, 0.25) is 0 Å². The summed E-state index contributed by atoms with van der Waals surface area (Å²) in [6.07, 6.45) is 3.05. The molecule has 2 rings (SSSR count). The van der Waals surface area contributed by atoms with E-state index in [9.17, 15) is 0 Å². The smallest absolute Gasteiger partial charge is 0.132 e. The summed E-state index contributed by atoms with van der Waals surface area (Å²) in [7, 11) is 0. The zero-order valence-corrected chi connectivity index (χ0v) is 10.9. The van der Waals surface area contributed by atoms with Crippen LogP contribution in [0.1, 0.15) is 12.2 Å². The summed E-state index contributed by atoms with van der Waals surface area (Å²) in [5.74, 6) is 3.20. The molecule has 2 heterocycles. The third-order valence-corrected chi connectivity index (χ3v) is 3.00. The summed E-state index contributed by atoms with van der Waals surface area (Å²) in [5, 5.41) is 9.93. The van der Waals surface area contributed by atoms with Gasteiger partial charge in [-0.1, -0.05) is 6.08 Å². The van der Waals surface area contributed by atoms with Gasteiger partial charge >= 0.3 is 0 Å². The van der Waals surface area contributed by atoms with Crippen LogP contribution in [-0.4, -0.2) is 36.1 Å². The number of hydrogen-bond acceptors (Lipinski definition) is 5. The Morgan fingerprint density at radius 2 is 2.22 bits per heavy atom. The van der Waals surface area contributed by atoms with Crippen molar-refractivity contribution in [1.29, 1.82) is 0 Å². The molecule has 0 radical (unpaired) electrons. The SMILES string of the molecule is C=CCNc1cc(NCC2CCNC2)nc(C)n1. The Balaban J connectivity index is 1.93. The van der Waals surface area contributed by atoms with Crippen LogP contribution in [0, 0.1) is 12.8 Å². The number of aromatic nitrogens is 2. The van der Waals surface area contributed by atoms with E-state index in [1.165, 1.54) is 6.42 Å². The monoisotopic (exact) mass is 247 g/mol. The van der Waals surface area contributed by atoms with Gasteiger partial charge in [-0.15, -0.1) is 6.58 Å². The van der Waals surface area contributed by atoms with Gasteiger partial charge in [-0.05, 0) is 32.4 Å². The van der Waals surface area contributed by atoms with Crippen molar-refractivity contribution < 1.29 is 0 Å². The molecule has 1 unspecified atom stereocenters. The van der Waals surface area contributed by atoms with E-state index in [4.69, 9.17) is 0 Å². The standard InChI is InChI=1S/C13H21N5/c1-3-5-15-12-7-13(18-10(2)17-12)16-9-11-4-6-14-8-11/h3,7,11,14H,1,4-6,8-9H2,2H3,(H2,15,16,17,18). The molecule has 1 atom stereocenters. The predicted octanol–water partition coefficient (Wildman–Crippen LogP) is 1.40. The number of nitrogens with zero attached hydrogens (tertiary/aromatic N) is 2. The van der Waals surface area contributed by atoms with Crippen molar-refractivity contribution in [2.24, 2.45) is 5.92 Å². The van der Waals surface area contributed by atoms with Gasteiger partial charge < -0.3 is 16.0 Å². The summed E-state index contributed by atoms with van der Waals surface area (Å²) < 4.78 is 0. The van der Waals surface area contributed by atoms with Crippen LogP contribution >= 0.6 is 0 Å². The van der Waals surface area contributed by atoms with Crippen molar-refractivity contribution in [2.75, 3.05) is 36.8 Å². The summed E-state index contributed by atoms with van der Waals surface area (Å²) >= 11 is 0. The zero-order chi connectivity index (χ0) is 12.8. The maximum atomic E-state index is 4.39. The molecule has 0 aromatic carbocycles. The van der Waals surface area contributed by atoms with Crippen molar-refractivity contribution in [1.82, 2.24) is 15.3 Å². The predicted molar refractivity (Wildman–Crippen MR) is 74.9 cm³/mol. The van der Waals surface area contributed by atoms with Crippen LogP contribution in [0.25, 0.3) is 0 Å². The molecule has 98 valence electrons. The van der Waals surface area contributed by atoms with Gasteiger partial charge in [0.25, 0.3) is 0 Å². The fourth-order valence-electron chi connectivity index (χ4n) is 2.06. The minimum absolute atomic E-state index is 0.699. The first-order valence-corrected chi connectivity index (χ1v) is 6.43. The van der Waals surface area contributed by atoms with Gasteiger partial charge in [0.1, 0.15) is 17.5 Å². The lowest BCUT2D eigenvalue weighted by molar-refractivity contribution is 0.614. The van der Waals surface area contributed by atoms with Gasteiger partial charge in [-0.2, -0.15) is 0 Å². The Morgan fingerprint density at radius 1 is 1.44 bits per heavy atom. The first kappa shape index (κ1) is 12.8. The molecule has 5 heteroatoms. The van der Waals surface area contributed by atoms with Crippen molar-refractivity contribution >= 4 is 11.6 Å². The summed E-state index contributed by atoms with van der Waals surface area (Å²) in [5.41, 5.74) is 0. The number of rotatable bonds is 6. The highest BCUT2D eigenvalue weighted by Crippen LogP contribution is 2.13. The van der Waals surface area contributed by atoms with Gasteiger partial charge in [0, 0.05) is 19.2 Å². The van der Waals surface area contributed by atoms with Crippen molar-refractivity contribution in [3.05, 3.63) is 24.5 Å². The van der Waals surface area contributed by atoms with Crippen molar-refractivity contribution in [3.8, 4) is 0 Å². The zero-order valence-electron chi connectivity index (χ0n) is 10.9. The molecule has 18 heavy (non-hydrogen) atoms. The lowest BCUT2D eigenvalue weighted by Gasteiger charge is -2.12. The Labute approximate surface area is 108 Å². The van der Waals surface area contributed by atoms with Gasteiger partial charge in [0.15, 0.2) is 0 Å². The van der Waals surface area contributed by atoms with E-state index in [0.29, 0.717) is 12.5 Å². The molecular formula is C13H21N5. The average molecular weight is 247 g/mol. The summed E-state index contributed by atoms with van der Waals surface area (Å²) in [6, 6.07) is 1.94. The maximum absolute atomic E-state index is 4.39. The van der Waals surface area contributed by atoms with E-state index in [-0.39, 0.29) is 0 Å². The second-order valence-electron chi connectivity index (χ2n) is 4.59. The van der Waals surface area contributed by atoms with Crippen LogP contribution in [0.3, 0.4) is 0 Å². The number of anilines is 2. The molecule has 0 amide bonds. The molecule has 1 fully saturated rings. The number of aryl methyl sites for hydroxylation is 1. The number of nitrogens with one attached hydrogen (secondary N) is 3. The Kier molecular flexibility index (Phi) is 4.52. The van der Waals surface area contributed by atoms with E-state index in [1.54, 1.807) is 0 Å². The van der Waals surface area contributed by atoms with Crippen LogP contribution in [-0.2, 0) is 0 Å². The fourth-order valence-corrected chi connectivity index (χ4v) is 2.06. The number of hydrogen-bond donors (Lipinski definition) is 3. The first-order chi connectivity index (χ1) is 8.78. The Morgan fingerprint density at radius 3 is 2.89 bits per heavy atom. The third-order valence-electron chi connectivity index (χ3n) is 3.00. The molecule has 1 aliphatic rings. The maximum Gasteiger partial charge on any atom is 0.132 e. The molecule has 0 bridgehead atoms. The van der Waals surface area contributed by atoms with Crippen LogP contribution < -0.4 is 16.0 Å². The van der Waals surface area contributed by atoms with Gasteiger partial charge in [-0.3, -0.25) is 0 Å². The van der Waals surface area contributed by atoms with E-state index >= 15 is 0 Å². The summed E-state index contributed by atoms with van der Waals surface area (Å²) in [6.45, 7) is 9.48. The fraction of sp³-hybridized carbons (Fsp3) is 0.538. The molecule has 1 aliphatic heterocycles. The molecule has 5 nitrogen and oxygen atoms in total. The first-order valence-electron chi connectivity index (χ1n) is 6.43. The molecule has 1 aromatic rings. The molecular weight excluding hydrogens is 226 g/mol. The largest absolute Gasteiger partial charge is 0.370 e. The van der Waals surface area contributed by atoms with Gasteiger partial charge in [0.05, 0.1) is 0 Å². The Hall–Kier alpha value is -1.62. The Bertz CT molecular complexity index is 398. The van der Waals surface area contributed by atoms with Crippen LogP contribution in [0.5, 0.6) is 0 Å². The van der Waals surface area contributed by atoms with Crippen LogP contribution in [0.15, 0.2) is 18.7 Å². The van der Waals surface area contributed by atoms with E-state index < -0.39 is 0 Å². The molecule has 1 saturated heterocycles. The average Bonchev–Trinajstić information content (AvgIpc) is 2.86. The molecule has 0 spiro atoms. The second-order valence-corrected chi connectivity index (χ2v) is 4.59. The van der Waals surface area contributed by atoms with E-state index in [2.05, 4.69) is 32.5 Å². The molecule has 0 saturated carbocycles. The third kappa shape index (κ3) is 3.70. The molecule has 1 aromatic heterocycles. The highest BCUT2D eigenvalue weighted by Gasteiger charge is 2.14.